The van der Waals surface area contributed by atoms with Crippen LogP contribution in [-0.2, 0) is 6.42 Å². The first-order valence-electron chi connectivity index (χ1n) is 8.64. The van der Waals surface area contributed by atoms with E-state index in [0.29, 0.717) is 12.1 Å². The zero-order valence-corrected chi connectivity index (χ0v) is 14.2. The second-order valence-corrected chi connectivity index (χ2v) is 6.32. The van der Waals surface area contributed by atoms with Crippen molar-refractivity contribution in [1.29, 1.82) is 0 Å². The molecular formula is C21H19FN2O2. The van der Waals surface area contributed by atoms with E-state index in [4.69, 9.17) is 4.42 Å². The van der Waals surface area contributed by atoms with Crippen molar-refractivity contribution in [2.45, 2.75) is 12.5 Å². The van der Waals surface area contributed by atoms with Gasteiger partial charge in [-0.15, -0.1) is 0 Å². The number of nitrogens with zero attached hydrogens (tertiary/aromatic N) is 1. The Labute approximate surface area is 151 Å². The Morgan fingerprint density at radius 3 is 2.85 bits per heavy atom. The third-order valence-electron chi connectivity index (χ3n) is 4.71. The maximum Gasteiger partial charge on any atom is 0.251 e. The monoisotopic (exact) mass is 350 g/mol. The minimum Gasteiger partial charge on any atom is -0.467 e. The van der Waals surface area contributed by atoms with Gasteiger partial charge in [-0.25, -0.2) is 4.39 Å². The lowest BCUT2D eigenvalue weighted by Gasteiger charge is -2.29. The quantitative estimate of drug-likeness (QED) is 0.758. The number of carbonyl (C=O) groups excluding carboxylic acids is 1. The number of rotatable bonds is 5. The third-order valence-corrected chi connectivity index (χ3v) is 4.71. The molecule has 132 valence electrons. The fourth-order valence-corrected chi connectivity index (χ4v) is 3.45. The van der Waals surface area contributed by atoms with Gasteiger partial charge < -0.3 is 14.6 Å². The Balaban J connectivity index is 1.55. The number of furan rings is 1. The van der Waals surface area contributed by atoms with Crippen LogP contribution in [0.15, 0.2) is 71.3 Å². The van der Waals surface area contributed by atoms with Gasteiger partial charge in [0.1, 0.15) is 17.6 Å². The van der Waals surface area contributed by atoms with E-state index in [0.717, 1.165) is 24.4 Å². The standard InChI is InChI=1S/C21H19FN2O2/c22-17-7-3-6-16(13-17)21(25)23-14-19(20-9-4-12-26-20)24-11-10-15-5-1-2-8-18(15)24/h1-9,12-13,19H,10-11,14H2,(H,23,25)/t19-/m0/s1. The van der Waals surface area contributed by atoms with E-state index in [1.54, 1.807) is 12.3 Å². The first-order chi connectivity index (χ1) is 12.7. The minimum atomic E-state index is -0.422. The van der Waals surface area contributed by atoms with Crippen LogP contribution in [0.25, 0.3) is 0 Å². The van der Waals surface area contributed by atoms with E-state index in [2.05, 4.69) is 22.3 Å². The predicted molar refractivity (Wildman–Crippen MR) is 97.7 cm³/mol. The van der Waals surface area contributed by atoms with Crippen LogP contribution < -0.4 is 10.2 Å². The Morgan fingerprint density at radius 2 is 2.04 bits per heavy atom. The highest BCUT2D eigenvalue weighted by atomic mass is 19.1. The van der Waals surface area contributed by atoms with Crippen molar-refractivity contribution in [3.05, 3.63) is 89.6 Å². The summed E-state index contributed by atoms with van der Waals surface area (Å²) < 4.78 is 19.0. The molecule has 0 spiro atoms. The van der Waals surface area contributed by atoms with E-state index in [9.17, 15) is 9.18 Å². The normalized spacial score (nSPS) is 14.1. The van der Waals surface area contributed by atoms with E-state index in [-0.39, 0.29) is 11.9 Å². The maximum absolute atomic E-state index is 13.4. The number of anilines is 1. The van der Waals surface area contributed by atoms with Crippen molar-refractivity contribution in [1.82, 2.24) is 5.32 Å². The molecule has 5 heteroatoms. The molecule has 0 fully saturated rings. The fourth-order valence-electron chi connectivity index (χ4n) is 3.45. The summed E-state index contributed by atoms with van der Waals surface area (Å²) >= 11 is 0. The highest BCUT2D eigenvalue weighted by molar-refractivity contribution is 5.94. The molecular weight excluding hydrogens is 331 g/mol. The molecule has 2 aromatic carbocycles. The minimum absolute atomic E-state index is 0.119. The van der Waals surface area contributed by atoms with Gasteiger partial charge in [0.25, 0.3) is 5.91 Å². The van der Waals surface area contributed by atoms with Crippen LogP contribution >= 0.6 is 0 Å². The van der Waals surface area contributed by atoms with Gasteiger partial charge >= 0.3 is 0 Å². The first kappa shape index (κ1) is 16.4. The van der Waals surface area contributed by atoms with Gasteiger partial charge in [0.05, 0.1) is 6.26 Å². The molecule has 1 atom stereocenters. The molecule has 1 aliphatic rings. The lowest BCUT2D eigenvalue weighted by molar-refractivity contribution is 0.0949. The SMILES string of the molecule is O=C(NC[C@@H](c1ccco1)N1CCc2ccccc21)c1cccc(F)c1. The molecule has 2 heterocycles. The molecule has 1 amide bonds. The molecule has 0 unspecified atom stereocenters. The van der Waals surface area contributed by atoms with Crippen LogP contribution in [0, 0.1) is 5.82 Å². The van der Waals surface area contributed by atoms with E-state index >= 15 is 0 Å². The highest BCUT2D eigenvalue weighted by Gasteiger charge is 2.29. The molecule has 1 aromatic heterocycles. The maximum atomic E-state index is 13.4. The number of benzene rings is 2. The summed E-state index contributed by atoms with van der Waals surface area (Å²) in [7, 11) is 0. The summed E-state index contributed by atoms with van der Waals surface area (Å²) in [6.07, 6.45) is 2.60. The number of hydrogen-bond acceptors (Lipinski definition) is 3. The Kier molecular flexibility index (Phi) is 4.44. The molecule has 1 aliphatic heterocycles. The molecule has 0 aliphatic carbocycles. The summed E-state index contributed by atoms with van der Waals surface area (Å²) in [5.41, 5.74) is 2.76. The van der Waals surface area contributed by atoms with Gasteiger partial charge in [-0.1, -0.05) is 24.3 Å². The summed E-state index contributed by atoms with van der Waals surface area (Å²) in [5.74, 6) is 0.0727. The van der Waals surface area contributed by atoms with E-state index in [1.165, 1.54) is 23.8 Å². The Morgan fingerprint density at radius 1 is 1.15 bits per heavy atom. The molecule has 0 saturated heterocycles. The highest BCUT2D eigenvalue weighted by Crippen LogP contribution is 2.34. The largest absolute Gasteiger partial charge is 0.467 e. The van der Waals surface area contributed by atoms with Crippen LogP contribution in [0.2, 0.25) is 0 Å². The van der Waals surface area contributed by atoms with Crippen molar-refractivity contribution >= 4 is 11.6 Å². The summed E-state index contributed by atoms with van der Waals surface area (Å²) in [4.78, 5) is 14.7. The zero-order valence-electron chi connectivity index (χ0n) is 14.2. The lowest BCUT2D eigenvalue weighted by atomic mass is 10.1. The number of para-hydroxylation sites is 1. The predicted octanol–water partition coefficient (Wildman–Crippen LogP) is 3.95. The summed E-state index contributed by atoms with van der Waals surface area (Å²) in [6, 6.07) is 17.6. The van der Waals surface area contributed by atoms with Crippen molar-refractivity contribution in [3.8, 4) is 0 Å². The zero-order chi connectivity index (χ0) is 17.9. The molecule has 1 N–H and O–H groups in total. The number of halogens is 1. The molecule has 4 nitrogen and oxygen atoms in total. The topological polar surface area (TPSA) is 45.5 Å². The van der Waals surface area contributed by atoms with Crippen LogP contribution in [0.4, 0.5) is 10.1 Å². The Hall–Kier alpha value is -3.08. The van der Waals surface area contributed by atoms with Crippen LogP contribution in [-0.4, -0.2) is 19.0 Å². The summed E-state index contributed by atoms with van der Waals surface area (Å²) in [6.45, 7) is 1.23. The smallest absolute Gasteiger partial charge is 0.251 e. The van der Waals surface area contributed by atoms with Crippen LogP contribution in [0.3, 0.4) is 0 Å². The van der Waals surface area contributed by atoms with Crippen molar-refractivity contribution in [2.75, 3.05) is 18.0 Å². The van der Waals surface area contributed by atoms with Gasteiger partial charge in [0.15, 0.2) is 0 Å². The molecule has 0 saturated carbocycles. The van der Waals surface area contributed by atoms with E-state index < -0.39 is 5.82 Å². The third kappa shape index (κ3) is 3.20. The summed E-state index contributed by atoms with van der Waals surface area (Å²) in [5, 5.41) is 2.91. The average Bonchev–Trinajstić information content (AvgIpc) is 3.32. The van der Waals surface area contributed by atoms with Gasteiger partial charge in [-0.3, -0.25) is 4.79 Å². The van der Waals surface area contributed by atoms with Gasteiger partial charge in [-0.2, -0.15) is 0 Å². The number of carbonyl (C=O) groups is 1. The molecule has 4 rings (SSSR count). The Bertz CT molecular complexity index is 908. The van der Waals surface area contributed by atoms with Gasteiger partial charge in [0, 0.05) is 24.3 Å². The molecule has 26 heavy (non-hydrogen) atoms. The van der Waals surface area contributed by atoms with Gasteiger partial charge in [-0.05, 0) is 48.4 Å². The fraction of sp³-hybridized carbons (Fsp3) is 0.190. The lowest BCUT2D eigenvalue weighted by Crippen LogP contribution is -2.37. The number of fused-ring (bicyclic) bond motifs is 1. The molecule has 0 radical (unpaired) electrons. The number of amides is 1. The second-order valence-electron chi connectivity index (χ2n) is 6.32. The first-order valence-corrected chi connectivity index (χ1v) is 8.64. The average molecular weight is 350 g/mol. The van der Waals surface area contributed by atoms with Crippen LogP contribution in [0.5, 0.6) is 0 Å². The number of nitrogens with one attached hydrogen (secondary N) is 1. The van der Waals surface area contributed by atoms with Crippen molar-refractivity contribution in [3.63, 3.8) is 0 Å². The van der Waals surface area contributed by atoms with Crippen molar-refractivity contribution in [2.24, 2.45) is 0 Å². The second kappa shape index (κ2) is 7.04. The van der Waals surface area contributed by atoms with Crippen LogP contribution in [0.1, 0.15) is 27.7 Å². The number of hydrogen-bond donors (Lipinski definition) is 1. The van der Waals surface area contributed by atoms with Crippen molar-refractivity contribution < 1.29 is 13.6 Å². The molecule has 0 bridgehead atoms. The van der Waals surface area contributed by atoms with E-state index in [1.807, 2.05) is 24.3 Å². The van der Waals surface area contributed by atoms with Gasteiger partial charge in [0.2, 0.25) is 0 Å². The molecule has 3 aromatic rings.